The van der Waals surface area contributed by atoms with E-state index in [0.717, 1.165) is 0 Å². The number of hydrogen-bond donors (Lipinski definition) is 3. The van der Waals surface area contributed by atoms with Crippen LogP contribution < -0.4 is 15.4 Å². The Bertz CT molecular complexity index is 896. The molecule has 148 valence electrons. The molecule has 6 nitrogen and oxygen atoms in total. The van der Waals surface area contributed by atoms with Crippen LogP contribution in [0.4, 0.5) is 0 Å². The molecule has 2 aromatic rings. The van der Waals surface area contributed by atoms with Crippen LogP contribution in [0, 0.1) is 6.92 Å². The number of sulfonamides is 1. The van der Waals surface area contributed by atoms with Crippen LogP contribution in [-0.4, -0.2) is 27.0 Å². The predicted octanol–water partition coefficient (Wildman–Crippen LogP) is 3.00. The van der Waals surface area contributed by atoms with Crippen LogP contribution >= 0.6 is 11.3 Å². The minimum atomic E-state index is -3.60. The maximum atomic E-state index is 12.7. The lowest BCUT2D eigenvalue weighted by Gasteiger charge is -2.22. The Morgan fingerprint density at radius 3 is 2.33 bits per heavy atom. The van der Waals surface area contributed by atoms with Crippen molar-refractivity contribution in [3.63, 3.8) is 0 Å². The molecule has 1 aromatic heterocycles. The molecule has 0 bridgehead atoms. The van der Waals surface area contributed by atoms with E-state index in [0.29, 0.717) is 24.6 Å². The van der Waals surface area contributed by atoms with Gasteiger partial charge in [-0.2, -0.15) is 0 Å². The Labute approximate surface area is 166 Å². The lowest BCUT2D eigenvalue weighted by atomic mass is 10.1. The zero-order valence-electron chi connectivity index (χ0n) is 16.5. The van der Waals surface area contributed by atoms with E-state index in [9.17, 15) is 8.42 Å². The third-order valence-electron chi connectivity index (χ3n) is 3.60. The summed E-state index contributed by atoms with van der Waals surface area (Å²) >= 11 is 1.73. The molecule has 1 aromatic carbocycles. The Balaban J connectivity index is 2.06. The summed E-state index contributed by atoms with van der Waals surface area (Å²) in [5.41, 5.74) is 0.139. The molecule has 0 aliphatic rings. The van der Waals surface area contributed by atoms with Crippen molar-refractivity contribution in [2.75, 3.05) is 7.05 Å². The molecule has 27 heavy (non-hydrogen) atoms. The average Bonchev–Trinajstić information content (AvgIpc) is 2.98. The quantitative estimate of drug-likeness (QED) is 0.507. The van der Waals surface area contributed by atoms with Crippen molar-refractivity contribution in [3.05, 3.63) is 51.7 Å². The van der Waals surface area contributed by atoms with Gasteiger partial charge in [0, 0.05) is 28.9 Å². The van der Waals surface area contributed by atoms with E-state index >= 15 is 0 Å². The Hall–Kier alpha value is -1.90. The van der Waals surface area contributed by atoms with Crippen molar-refractivity contribution >= 4 is 27.3 Å². The molecule has 0 unspecified atom stereocenters. The summed E-state index contributed by atoms with van der Waals surface area (Å²) in [6, 6.07) is 11.2. The second kappa shape index (κ2) is 8.86. The van der Waals surface area contributed by atoms with Crippen molar-refractivity contribution in [2.24, 2.45) is 4.99 Å². The minimum absolute atomic E-state index is 0.275. The number of nitrogens with zero attached hydrogens (tertiary/aromatic N) is 1. The number of nitrogens with one attached hydrogen (secondary N) is 3. The SMILES string of the molecule is CN=C(NCc1ccc(C)s1)NCc1ccccc1S(=O)(=O)NC(C)(C)C. The fourth-order valence-corrected chi connectivity index (χ4v) is 5.01. The average molecular weight is 409 g/mol. The molecule has 0 fully saturated rings. The van der Waals surface area contributed by atoms with E-state index in [1.807, 2.05) is 26.8 Å². The minimum Gasteiger partial charge on any atom is -0.352 e. The van der Waals surface area contributed by atoms with Crippen LogP contribution in [0.2, 0.25) is 0 Å². The largest absolute Gasteiger partial charge is 0.352 e. The van der Waals surface area contributed by atoms with E-state index < -0.39 is 15.6 Å². The Morgan fingerprint density at radius 1 is 1.07 bits per heavy atom. The van der Waals surface area contributed by atoms with Gasteiger partial charge in [-0.1, -0.05) is 18.2 Å². The van der Waals surface area contributed by atoms with E-state index in [2.05, 4.69) is 39.4 Å². The number of thiophene rings is 1. The summed E-state index contributed by atoms with van der Waals surface area (Å²) in [6.07, 6.45) is 0. The third kappa shape index (κ3) is 6.64. The maximum Gasteiger partial charge on any atom is 0.241 e. The first-order valence-electron chi connectivity index (χ1n) is 8.72. The second-order valence-corrected chi connectivity index (χ2v) is 10.3. The highest BCUT2D eigenvalue weighted by Gasteiger charge is 2.24. The second-order valence-electron chi connectivity index (χ2n) is 7.25. The van der Waals surface area contributed by atoms with E-state index in [-0.39, 0.29) is 4.90 Å². The molecule has 0 radical (unpaired) electrons. The fourth-order valence-electron chi connectivity index (χ4n) is 2.52. The summed E-state index contributed by atoms with van der Waals surface area (Å²) in [6.45, 7) is 8.56. The molecule has 8 heteroatoms. The van der Waals surface area contributed by atoms with Crippen LogP contribution in [0.5, 0.6) is 0 Å². The van der Waals surface area contributed by atoms with Crippen molar-refractivity contribution in [1.82, 2.24) is 15.4 Å². The molecule has 0 atom stereocenters. The van der Waals surface area contributed by atoms with Crippen LogP contribution in [-0.2, 0) is 23.1 Å². The third-order valence-corrected chi connectivity index (χ3v) is 6.46. The van der Waals surface area contributed by atoms with Gasteiger partial charge in [-0.25, -0.2) is 13.1 Å². The van der Waals surface area contributed by atoms with Gasteiger partial charge in [0.05, 0.1) is 11.4 Å². The van der Waals surface area contributed by atoms with E-state index in [1.165, 1.54) is 9.75 Å². The summed E-state index contributed by atoms with van der Waals surface area (Å²) < 4.78 is 28.1. The van der Waals surface area contributed by atoms with Gasteiger partial charge < -0.3 is 10.6 Å². The van der Waals surface area contributed by atoms with Crippen molar-refractivity contribution < 1.29 is 8.42 Å². The van der Waals surface area contributed by atoms with Gasteiger partial charge in [0.15, 0.2) is 5.96 Å². The monoisotopic (exact) mass is 408 g/mol. The Morgan fingerprint density at radius 2 is 1.74 bits per heavy atom. The molecule has 0 saturated heterocycles. The van der Waals surface area contributed by atoms with Gasteiger partial charge in [-0.05, 0) is 51.5 Å². The summed E-state index contributed by atoms with van der Waals surface area (Å²) in [5.74, 6) is 0.622. The lowest BCUT2D eigenvalue weighted by molar-refractivity contribution is 0.491. The summed E-state index contributed by atoms with van der Waals surface area (Å²) in [5, 5.41) is 6.44. The van der Waals surface area contributed by atoms with Crippen molar-refractivity contribution in [2.45, 2.75) is 51.2 Å². The van der Waals surface area contributed by atoms with E-state index in [1.54, 1.807) is 36.6 Å². The van der Waals surface area contributed by atoms with Gasteiger partial charge in [0.2, 0.25) is 10.0 Å². The van der Waals surface area contributed by atoms with Gasteiger partial charge in [0.25, 0.3) is 0 Å². The highest BCUT2D eigenvalue weighted by atomic mass is 32.2. The Kier molecular flexibility index (Phi) is 7.02. The molecule has 3 N–H and O–H groups in total. The van der Waals surface area contributed by atoms with Crippen molar-refractivity contribution in [3.8, 4) is 0 Å². The summed E-state index contributed by atoms with van der Waals surface area (Å²) in [4.78, 5) is 6.96. The first-order valence-corrected chi connectivity index (χ1v) is 11.0. The molecule has 0 aliphatic heterocycles. The number of aryl methyl sites for hydroxylation is 1. The number of benzene rings is 1. The van der Waals surface area contributed by atoms with Gasteiger partial charge >= 0.3 is 0 Å². The molecule has 0 aliphatic carbocycles. The number of aliphatic imine (C=N–C) groups is 1. The fraction of sp³-hybridized carbons (Fsp3) is 0.421. The predicted molar refractivity (Wildman–Crippen MR) is 113 cm³/mol. The molecule has 1 heterocycles. The molecule has 0 saturated carbocycles. The van der Waals surface area contributed by atoms with Crippen LogP contribution in [0.3, 0.4) is 0 Å². The number of hydrogen-bond acceptors (Lipinski definition) is 4. The molecular formula is C19H28N4O2S2. The standard InChI is InChI=1S/C19H28N4O2S2/c1-14-10-11-16(26-14)13-22-18(20-5)21-12-15-8-6-7-9-17(15)27(24,25)23-19(2,3)4/h6-11,23H,12-13H2,1-5H3,(H2,20,21,22). The van der Waals surface area contributed by atoms with Gasteiger partial charge in [-0.3, -0.25) is 4.99 Å². The topological polar surface area (TPSA) is 82.6 Å². The number of guanidine groups is 1. The van der Waals surface area contributed by atoms with Crippen LogP contribution in [0.25, 0.3) is 0 Å². The van der Waals surface area contributed by atoms with Crippen molar-refractivity contribution in [1.29, 1.82) is 0 Å². The maximum absolute atomic E-state index is 12.7. The van der Waals surface area contributed by atoms with E-state index in [4.69, 9.17) is 0 Å². The zero-order chi connectivity index (χ0) is 20.1. The lowest BCUT2D eigenvalue weighted by Crippen LogP contribution is -2.41. The molecule has 0 spiro atoms. The highest BCUT2D eigenvalue weighted by Crippen LogP contribution is 2.18. The molecule has 2 rings (SSSR count). The molecule has 0 amide bonds. The summed E-state index contributed by atoms with van der Waals surface area (Å²) in [7, 11) is -1.91. The number of rotatable bonds is 6. The molecular weight excluding hydrogens is 380 g/mol. The van der Waals surface area contributed by atoms with Crippen LogP contribution in [0.15, 0.2) is 46.3 Å². The highest BCUT2D eigenvalue weighted by molar-refractivity contribution is 7.89. The first kappa shape index (κ1) is 21.4. The normalized spacial score (nSPS) is 12.9. The van der Waals surface area contributed by atoms with Gasteiger partial charge in [-0.15, -0.1) is 11.3 Å². The zero-order valence-corrected chi connectivity index (χ0v) is 18.1. The smallest absolute Gasteiger partial charge is 0.241 e. The first-order chi connectivity index (χ1) is 12.6. The van der Waals surface area contributed by atoms with Crippen LogP contribution in [0.1, 0.15) is 36.1 Å². The van der Waals surface area contributed by atoms with Gasteiger partial charge in [0.1, 0.15) is 0 Å².